The number of nitrogens with zero attached hydrogens (tertiary/aromatic N) is 2. The number of benzene rings is 1. The normalized spacial score (nSPS) is 19.1. The molecule has 0 radical (unpaired) electrons. The van der Waals surface area contributed by atoms with Crippen molar-refractivity contribution in [1.82, 2.24) is 14.9 Å². The third kappa shape index (κ3) is 3.54. The van der Waals surface area contributed by atoms with Gasteiger partial charge in [-0.15, -0.1) is 0 Å². The standard InChI is InChI=1S/C22H25N3O2/c1-14(2)18-10-15(3)7-8-21(18)27-17-11-16(12-17)24-22(26)19-13-23-25-9-5-4-6-20(19)25/h4-10,13-14,16-17H,11-12H2,1-3H3,(H,24,26)/t16-,17-. The van der Waals surface area contributed by atoms with Gasteiger partial charge in [0.15, 0.2) is 0 Å². The molecule has 0 atom stereocenters. The fraction of sp³-hybridized carbons (Fsp3) is 0.364. The van der Waals surface area contributed by atoms with Crippen LogP contribution in [0.4, 0.5) is 0 Å². The lowest BCUT2D eigenvalue weighted by Gasteiger charge is -2.36. The molecule has 1 aromatic carbocycles. The van der Waals surface area contributed by atoms with Crippen LogP contribution in [0.2, 0.25) is 0 Å². The lowest BCUT2D eigenvalue weighted by Crippen LogP contribution is -2.49. The van der Waals surface area contributed by atoms with E-state index in [0.717, 1.165) is 24.1 Å². The Hall–Kier alpha value is -2.82. The number of carbonyl (C=O) groups is 1. The van der Waals surface area contributed by atoms with Crippen LogP contribution in [0.1, 0.15) is 54.1 Å². The van der Waals surface area contributed by atoms with E-state index in [0.29, 0.717) is 11.5 Å². The third-order valence-electron chi connectivity index (χ3n) is 5.18. The van der Waals surface area contributed by atoms with Crippen molar-refractivity contribution in [2.45, 2.75) is 51.7 Å². The second-order valence-electron chi connectivity index (χ2n) is 7.67. The molecule has 0 spiro atoms. The van der Waals surface area contributed by atoms with Crippen LogP contribution in [0.25, 0.3) is 5.52 Å². The molecule has 2 aromatic heterocycles. The largest absolute Gasteiger partial charge is 0.490 e. The van der Waals surface area contributed by atoms with E-state index in [4.69, 9.17) is 4.74 Å². The van der Waals surface area contributed by atoms with E-state index in [1.165, 1.54) is 11.1 Å². The molecule has 3 aromatic rings. The first-order valence-corrected chi connectivity index (χ1v) is 9.51. The fourth-order valence-electron chi connectivity index (χ4n) is 3.56. The Kier molecular flexibility index (Phi) is 4.60. The Morgan fingerprint density at radius 1 is 1.26 bits per heavy atom. The minimum absolute atomic E-state index is 0.0714. The minimum Gasteiger partial charge on any atom is -0.490 e. The lowest BCUT2D eigenvalue weighted by molar-refractivity contribution is 0.0696. The van der Waals surface area contributed by atoms with E-state index in [1.54, 1.807) is 10.7 Å². The summed E-state index contributed by atoms with van der Waals surface area (Å²) in [5, 5.41) is 7.33. The summed E-state index contributed by atoms with van der Waals surface area (Å²) in [7, 11) is 0. The van der Waals surface area contributed by atoms with E-state index in [2.05, 4.69) is 49.4 Å². The molecule has 1 N–H and O–H groups in total. The molecular formula is C22H25N3O2. The number of nitrogens with one attached hydrogen (secondary N) is 1. The topological polar surface area (TPSA) is 55.6 Å². The Bertz CT molecular complexity index is 971. The first kappa shape index (κ1) is 17.6. The summed E-state index contributed by atoms with van der Waals surface area (Å²) in [6, 6.07) is 12.2. The number of hydrogen-bond acceptors (Lipinski definition) is 3. The quantitative estimate of drug-likeness (QED) is 0.742. The molecule has 27 heavy (non-hydrogen) atoms. The van der Waals surface area contributed by atoms with Crippen molar-refractivity contribution in [1.29, 1.82) is 0 Å². The van der Waals surface area contributed by atoms with Crippen LogP contribution in [-0.2, 0) is 0 Å². The van der Waals surface area contributed by atoms with E-state index >= 15 is 0 Å². The van der Waals surface area contributed by atoms with Gasteiger partial charge in [-0.2, -0.15) is 5.10 Å². The minimum atomic E-state index is -0.0714. The van der Waals surface area contributed by atoms with Crippen molar-refractivity contribution in [3.05, 3.63) is 65.5 Å². The van der Waals surface area contributed by atoms with Crippen LogP contribution < -0.4 is 10.1 Å². The monoisotopic (exact) mass is 363 g/mol. The average Bonchev–Trinajstić information content (AvgIpc) is 3.05. The number of amides is 1. The summed E-state index contributed by atoms with van der Waals surface area (Å²) >= 11 is 0. The maximum absolute atomic E-state index is 12.6. The molecule has 1 aliphatic carbocycles. The van der Waals surface area contributed by atoms with Crippen LogP contribution >= 0.6 is 0 Å². The van der Waals surface area contributed by atoms with Crippen molar-refractivity contribution >= 4 is 11.4 Å². The molecular weight excluding hydrogens is 338 g/mol. The molecule has 2 heterocycles. The SMILES string of the molecule is Cc1ccc(O[C@H]2C[C@H](NC(=O)c3cnn4ccccc34)C2)c(C(C)C)c1. The van der Waals surface area contributed by atoms with Gasteiger partial charge in [-0.3, -0.25) is 4.79 Å². The molecule has 1 saturated carbocycles. The fourth-order valence-corrected chi connectivity index (χ4v) is 3.56. The van der Waals surface area contributed by atoms with Crippen molar-refractivity contribution in [3.63, 3.8) is 0 Å². The van der Waals surface area contributed by atoms with Crippen LogP contribution in [0, 0.1) is 6.92 Å². The Morgan fingerprint density at radius 2 is 2.07 bits per heavy atom. The number of pyridine rings is 1. The number of rotatable bonds is 5. The zero-order valence-corrected chi connectivity index (χ0v) is 16.0. The van der Waals surface area contributed by atoms with E-state index in [-0.39, 0.29) is 18.1 Å². The number of aryl methyl sites for hydroxylation is 1. The smallest absolute Gasteiger partial charge is 0.255 e. The van der Waals surface area contributed by atoms with Gasteiger partial charge < -0.3 is 10.1 Å². The van der Waals surface area contributed by atoms with Crippen molar-refractivity contribution in [2.75, 3.05) is 0 Å². The molecule has 0 saturated heterocycles. The van der Waals surface area contributed by atoms with Gasteiger partial charge in [0.1, 0.15) is 11.9 Å². The Labute approximate surface area is 159 Å². The second kappa shape index (κ2) is 7.06. The number of aromatic nitrogens is 2. The van der Waals surface area contributed by atoms with E-state index < -0.39 is 0 Å². The number of fused-ring (bicyclic) bond motifs is 1. The molecule has 0 bridgehead atoms. The maximum atomic E-state index is 12.6. The maximum Gasteiger partial charge on any atom is 0.255 e. The van der Waals surface area contributed by atoms with Gasteiger partial charge in [-0.1, -0.05) is 37.6 Å². The van der Waals surface area contributed by atoms with Crippen LogP contribution in [0.5, 0.6) is 5.75 Å². The van der Waals surface area contributed by atoms with Gasteiger partial charge >= 0.3 is 0 Å². The van der Waals surface area contributed by atoms with Gasteiger partial charge in [0.25, 0.3) is 5.91 Å². The lowest BCUT2D eigenvalue weighted by atomic mass is 9.88. The summed E-state index contributed by atoms with van der Waals surface area (Å²) in [5.74, 6) is 1.32. The van der Waals surface area contributed by atoms with Gasteiger partial charge in [0.2, 0.25) is 0 Å². The zero-order chi connectivity index (χ0) is 19.0. The number of ether oxygens (including phenoxy) is 1. The summed E-state index contributed by atoms with van der Waals surface area (Å²) in [4.78, 5) is 12.6. The third-order valence-corrected chi connectivity index (χ3v) is 5.18. The highest BCUT2D eigenvalue weighted by atomic mass is 16.5. The first-order chi connectivity index (χ1) is 13.0. The summed E-state index contributed by atoms with van der Waals surface area (Å²) in [6.45, 7) is 6.47. The van der Waals surface area contributed by atoms with E-state index in [1.807, 2.05) is 24.4 Å². The van der Waals surface area contributed by atoms with Gasteiger partial charge in [0.05, 0.1) is 17.3 Å². The van der Waals surface area contributed by atoms with Crippen LogP contribution in [0.3, 0.4) is 0 Å². The molecule has 1 aliphatic rings. The molecule has 1 fully saturated rings. The average molecular weight is 363 g/mol. The highest BCUT2D eigenvalue weighted by Crippen LogP contribution is 2.32. The number of carbonyl (C=O) groups excluding carboxylic acids is 1. The van der Waals surface area contributed by atoms with Crippen molar-refractivity contribution in [3.8, 4) is 5.75 Å². The summed E-state index contributed by atoms with van der Waals surface area (Å²) < 4.78 is 7.92. The van der Waals surface area contributed by atoms with Crippen LogP contribution in [-0.4, -0.2) is 27.7 Å². The number of hydrogen-bond donors (Lipinski definition) is 1. The van der Waals surface area contributed by atoms with Crippen molar-refractivity contribution < 1.29 is 9.53 Å². The second-order valence-corrected chi connectivity index (χ2v) is 7.67. The Morgan fingerprint density at radius 3 is 2.85 bits per heavy atom. The molecule has 1 amide bonds. The van der Waals surface area contributed by atoms with Gasteiger partial charge in [-0.25, -0.2) is 4.52 Å². The predicted molar refractivity (Wildman–Crippen MR) is 105 cm³/mol. The highest BCUT2D eigenvalue weighted by molar-refractivity contribution is 6.00. The molecule has 4 rings (SSSR count). The van der Waals surface area contributed by atoms with E-state index in [9.17, 15) is 4.79 Å². The molecule has 5 nitrogen and oxygen atoms in total. The highest BCUT2D eigenvalue weighted by Gasteiger charge is 2.33. The molecule has 140 valence electrons. The summed E-state index contributed by atoms with van der Waals surface area (Å²) in [6.07, 6.45) is 5.28. The van der Waals surface area contributed by atoms with Gasteiger partial charge in [0, 0.05) is 25.1 Å². The Balaban J connectivity index is 1.36. The molecule has 0 unspecified atom stereocenters. The predicted octanol–water partition coefficient (Wildman–Crippen LogP) is 4.11. The molecule has 5 heteroatoms. The zero-order valence-electron chi connectivity index (χ0n) is 16.0. The molecule has 0 aliphatic heterocycles. The first-order valence-electron chi connectivity index (χ1n) is 9.51. The van der Waals surface area contributed by atoms with Gasteiger partial charge in [-0.05, 0) is 36.6 Å². The van der Waals surface area contributed by atoms with Crippen LogP contribution in [0.15, 0.2) is 48.8 Å². The summed E-state index contributed by atoms with van der Waals surface area (Å²) in [5.41, 5.74) is 3.93. The van der Waals surface area contributed by atoms with Crippen molar-refractivity contribution in [2.24, 2.45) is 0 Å².